The molecule has 1 N–H and O–H groups in total. The molecule has 5 nitrogen and oxygen atoms in total. The van der Waals surface area contributed by atoms with Gasteiger partial charge < -0.3 is 10.1 Å². The van der Waals surface area contributed by atoms with Crippen LogP contribution in [-0.4, -0.2) is 22.2 Å². The average Bonchev–Trinajstić information content (AvgIpc) is 2.95. The molecule has 2 aromatic rings. The molecule has 25 heavy (non-hydrogen) atoms. The highest BCUT2D eigenvalue weighted by Crippen LogP contribution is 2.33. The first-order valence-electron chi connectivity index (χ1n) is 7.86. The lowest BCUT2D eigenvalue weighted by Crippen LogP contribution is -2.20. The Balaban J connectivity index is 1.61. The molecule has 1 atom stereocenters. The maximum Gasteiger partial charge on any atom is 0.264 e. The molecule has 0 saturated carbocycles. The number of amidine groups is 1. The summed E-state index contributed by atoms with van der Waals surface area (Å²) in [5, 5.41) is 3.34. The Morgan fingerprint density at radius 1 is 1.28 bits per heavy atom. The van der Waals surface area contributed by atoms with E-state index in [0.29, 0.717) is 15.8 Å². The number of benzene rings is 1. The Labute approximate surface area is 149 Å². The summed E-state index contributed by atoms with van der Waals surface area (Å²) in [6.45, 7) is 1.97. The van der Waals surface area contributed by atoms with Gasteiger partial charge in [0.25, 0.3) is 5.91 Å². The quantitative estimate of drug-likeness (QED) is 0.840. The topological polar surface area (TPSA) is 63.6 Å². The largest absolute Gasteiger partial charge is 0.485 e. The second-order valence-electron chi connectivity index (χ2n) is 5.64. The van der Waals surface area contributed by atoms with E-state index in [9.17, 15) is 4.79 Å². The van der Waals surface area contributed by atoms with Crippen molar-refractivity contribution < 1.29 is 9.53 Å². The predicted molar refractivity (Wildman–Crippen MR) is 99.7 cm³/mol. The summed E-state index contributed by atoms with van der Waals surface area (Å²) < 4.78 is 5.92. The molecule has 1 aromatic heterocycles. The lowest BCUT2D eigenvalue weighted by molar-refractivity contribution is -0.115. The van der Waals surface area contributed by atoms with Crippen LogP contribution in [0.5, 0.6) is 5.75 Å². The third kappa shape index (κ3) is 3.34. The van der Waals surface area contributed by atoms with Gasteiger partial charge in [-0.25, -0.2) is 4.99 Å². The van der Waals surface area contributed by atoms with Crippen LogP contribution in [0, 0.1) is 0 Å². The number of hydrogen-bond acceptors (Lipinski definition) is 5. The number of fused-ring (bicyclic) bond motifs is 1. The molecule has 2 aliphatic heterocycles. The van der Waals surface area contributed by atoms with Gasteiger partial charge in [-0.1, -0.05) is 18.2 Å². The van der Waals surface area contributed by atoms with Crippen LogP contribution < -0.4 is 10.1 Å². The van der Waals surface area contributed by atoms with Gasteiger partial charge in [-0.2, -0.15) is 0 Å². The number of aliphatic imine (C=N–C) groups is 1. The molecule has 0 spiro atoms. The van der Waals surface area contributed by atoms with E-state index in [1.165, 1.54) is 11.8 Å². The van der Waals surface area contributed by atoms with Crippen molar-refractivity contribution in [2.75, 3.05) is 0 Å². The van der Waals surface area contributed by atoms with Gasteiger partial charge >= 0.3 is 0 Å². The SMILES string of the molecule is CC1Oc2ccccc2C=C1/C=C1\SC(=Nc2cccnc2)NC1=O. The van der Waals surface area contributed by atoms with Crippen LogP contribution in [0.4, 0.5) is 5.69 Å². The van der Waals surface area contributed by atoms with E-state index in [-0.39, 0.29) is 12.0 Å². The second kappa shape index (κ2) is 6.57. The van der Waals surface area contributed by atoms with Crippen molar-refractivity contribution in [3.05, 3.63) is 70.9 Å². The first-order chi connectivity index (χ1) is 12.2. The first kappa shape index (κ1) is 15.7. The Bertz CT molecular complexity index is 919. The van der Waals surface area contributed by atoms with Crippen molar-refractivity contribution in [3.8, 4) is 5.75 Å². The minimum absolute atomic E-state index is 0.116. The van der Waals surface area contributed by atoms with Crippen molar-refractivity contribution in [2.24, 2.45) is 4.99 Å². The molecule has 6 heteroatoms. The van der Waals surface area contributed by atoms with Crippen LogP contribution >= 0.6 is 11.8 Å². The Kier molecular flexibility index (Phi) is 4.11. The van der Waals surface area contributed by atoms with Gasteiger partial charge in [0.05, 0.1) is 16.8 Å². The lowest BCUT2D eigenvalue weighted by Gasteiger charge is -2.22. The van der Waals surface area contributed by atoms with E-state index in [2.05, 4.69) is 21.4 Å². The normalized spacial score (nSPS) is 22.4. The third-order valence-electron chi connectivity index (χ3n) is 3.84. The Morgan fingerprint density at radius 3 is 3.00 bits per heavy atom. The molecule has 1 fully saturated rings. The third-order valence-corrected chi connectivity index (χ3v) is 4.75. The number of carbonyl (C=O) groups is 1. The van der Waals surface area contributed by atoms with Gasteiger partial charge in [0, 0.05) is 11.8 Å². The molecule has 2 aliphatic rings. The summed E-state index contributed by atoms with van der Waals surface area (Å²) in [5.74, 6) is 0.708. The first-order valence-corrected chi connectivity index (χ1v) is 8.67. The molecule has 1 unspecified atom stereocenters. The zero-order valence-corrected chi connectivity index (χ0v) is 14.3. The average molecular weight is 349 g/mol. The number of amides is 1. The lowest BCUT2D eigenvalue weighted by atomic mass is 10.0. The van der Waals surface area contributed by atoms with Crippen molar-refractivity contribution in [3.63, 3.8) is 0 Å². The van der Waals surface area contributed by atoms with E-state index in [4.69, 9.17) is 4.74 Å². The van der Waals surface area contributed by atoms with Crippen molar-refractivity contribution in [2.45, 2.75) is 13.0 Å². The van der Waals surface area contributed by atoms with Crippen LogP contribution in [-0.2, 0) is 4.79 Å². The molecule has 1 aromatic carbocycles. The number of nitrogens with one attached hydrogen (secondary N) is 1. The molecule has 124 valence electrons. The van der Waals surface area contributed by atoms with Crippen LogP contribution in [0.15, 0.2) is 70.3 Å². The van der Waals surface area contributed by atoms with E-state index < -0.39 is 0 Å². The maximum absolute atomic E-state index is 12.2. The minimum atomic E-state index is -0.153. The van der Waals surface area contributed by atoms with Crippen molar-refractivity contribution in [1.29, 1.82) is 0 Å². The van der Waals surface area contributed by atoms with Crippen LogP contribution in [0.25, 0.3) is 6.08 Å². The Hall–Kier alpha value is -2.86. The van der Waals surface area contributed by atoms with Crippen LogP contribution in [0.3, 0.4) is 0 Å². The van der Waals surface area contributed by atoms with Gasteiger partial charge in [0.2, 0.25) is 0 Å². The number of thioether (sulfide) groups is 1. The standard InChI is InChI=1S/C19H15N3O2S/c1-12-14(9-13-5-2-3-7-16(13)24-12)10-17-18(23)22-19(25-17)21-15-6-4-8-20-11-15/h2-12H,1H3,(H,21,22,23)/b17-10-. The van der Waals surface area contributed by atoms with E-state index in [0.717, 1.165) is 16.9 Å². The van der Waals surface area contributed by atoms with Gasteiger partial charge in [-0.05, 0) is 54.6 Å². The highest BCUT2D eigenvalue weighted by atomic mass is 32.2. The number of aromatic nitrogens is 1. The number of nitrogens with zero attached hydrogens (tertiary/aromatic N) is 2. The van der Waals surface area contributed by atoms with Crippen LogP contribution in [0.1, 0.15) is 12.5 Å². The molecular weight excluding hydrogens is 334 g/mol. The monoisotopic (exact) mass is 349 g/mol. The van der Waals surface area contributed by atoms with Crippen LogP contribution in [0.2, 0.25) is 0 Å². The molecule has 1 saturated heterocycles. The molecule has 4 rings (SSSR count). The molecule has 0 bridgehead atoms. The highest BCUT2D eigenvalue weighted by Gasteiger charge is 2.26. The number of para-hydroxylation sites is 1. The molecule has 3 heterocycles. The second-order valence-corrected chi connectivity index (χ2v) is 6.67. The fraction of sp³-hybridized carbons (Fsp3) is 0.105. The van der Waals surface area contributed by atoms with Crippen molar-refractivity contribution in [1.82, 2.24) is 10.3 Å². The fourth-order valence-electron chi connectivity index (χ4n) is 2.59. The summed E-state index contributed by atoms with van der Waals surface area (Å²) in [6.07, 6.45) is 7.14. The van der Waals surface area contributed by atoms with E-state index in [1.54, 1.807) is 18.5 Å². The summed E-state index contributed by atoms with van der Waals surface area (Å²) in [4.78, 5) is 21.3. The molecule has 1 amide bonds. The van der Waals surface area contributed by atoms with Crippen molar-refractivity contribution >= 4 is 34.6 Å². The summed E-state index contributed by atoms with van der Waals surface area (Å²) in [6, 6.07) is 11.5. The zero-order chi connectivity index (χ0) is 17.2. The van der Waals surface area contributed by atoms with Gasteiger partial charge in [0.1, 0.15) is 11.9 Å². The number of rotatable bonds is 2. The molecular formula is C19H15N3O2S. The summed E-state index contributed by atoms with van der Waals surface area (Å²) >= 11 is 1.32. The van der Waals surface area contributed by atoms with E-state index in [1.807, 2.05) is 43.3 Å². The molecule has 0 radical (unpaired) electrons. The molecule has 0 aliphatic carbocycles. The maximum atomic E-state index is 12.2. The number of pyridine rings is 1. The smallest absolute Gasteiger partial charge is 0.264 e. The summed E-state index contributed by atoms with van der Waals surface area (Å²) in [7, 11) is 0. The van der Waals surface area contributed by atoms with Gasteiger partial charge in [0.15, 0.2) is 5.17 Å². The zero-order valence-electron chi connectivity index (χ0n) is 13.5. The number of carbonyl (C=O) groups excluding carboxylic acids is 1. The van der Waals surface area contributed by atoms with Gasteiger partial charge in [-0.3, -0.25) is 9.78 Å². The number of ether oxygens (including phenoxy) is 1. The van der Waals surface area contributed by atoms with Gasteiger partial charge in [-0.15, -0.1) is 0 Å². The fourth-order valence-corrected chi connectivity index (χ4v) is 3.43. The van der Waals surface area contributed by atoms with E-state index >= 15 is 0 Å². The number of hydrogen-bond donors (Lipinski definition) is 1. The summed E-state index contributed by atoms with van der Waals surface area (Å²) in [5.41, 5.74) is 2.67. The predicted octanol–water partition coefficient (Wildman–Crippen LogP) is 3.68. The highest BCUT2D eigenvalue weighted by molar-refractivity contribution is 8.18. The minimum Gasteiger partial charge on any atom is -0.485 e. The Morgan fingerprint density at radius 2 is 2.16 bits per heavy atom.